The summed E-state index contributed by atoms with van der Waals surface area (Å²) in [6, 6.07) is 21.8. The van der Waals surface area contributed by atoms with Crippen molar-refractivity contribution in [2.45, 2.75) is 13.0 Å². The molecule has 0 aliphatic rings. The van der Waals surface area contributed by atoms with E-state index in [1.54, 1.807) is 21.3 Å². The number of hydrogen-bond acceptors (Lipinski definition) is 4. The average Bonchev–Trinajstić information content (AvgIpc) is 3.15. The largest absolute Gasteiger partial charge is 0.493 e. The first-order valence-electron chi connectivity index (χ1n) is 10.1. The molecule has 0 fully saturated rings. The third kappa shape index (κ3) is 4.23. The van der Waals surface area contributed by atoms with Gasteiger partial charge in [-0.3, -0.25) is 9.48 Å². The van der Waals surface area contributed by atoms with Crippen molar-refractivity contribution in [3.8, 4) is 11.5 Å². The predicted octanol–water partition coefficient (Wildman–Crippen LogP) is 4.05. The Balaban J connectivity index is 1.78. The normalized spacial score (nSPS) is 10.8. The van der Waals surface area contributed by atoms with Crippen LogP contribution in [0.1, 0.15) is 27.2 Å². The topological polar surface area (TPSA) is 65.4 Å². The highest BCUT2D eigenvalue weighted by Gasteiger charge is 2.15. The second kappa shape index (κ2) is 8.92. The van der Waals surface area contributed by atoms with Gasteiger partial charge in [-0.1, -0.05) is 36.4 Å². The molecule has 6 nitrogen and oxygen atoms in total. The van der Waals surface area contributed by atoms with Gasteiger partial charge in [0.1, 0.15) is 0 Å². The summed E-state index contributed by atoms with van der Waals surface area (Å²) in [6.07, 6.45) is 0.607. The van der Waals surface area contributed by atoms with Crippen molar-refractivity contribution < 1.29 is 14.3 Å². The fourth-order valence-corrected chi connectivity index (χ4v) is 3.72. The molecule has 0 aliphatic carbocycles. The van der Waals surface area contributed by atoms with E-state index in [1.165, 1.54) is 5.56 Å². The number of ether oxygens (including phenoxy) is 2. The number of carbonyl (C=O) groups excluding carboxylic acids is 1. The maximum atomic E-state index is 12.2. The average molecular weight is 415 g/mol. The van der Waals surface area contributed by atoms with E-state index in [4.69, 9.17) is 14.6 Å². The molecule has 1 N–H and O–H groups in total. The smallest absolute Gasteiger partial charge is 0.251 e. The van der Waals surface area contributed by atoms with Crippen LogP contribution in [0, 0.1) is 0 Å². The number of methoxy groups -OCH3 is 2. The Hall–Kier alpha value is -3.80. The lowest BCUT2D eigenvalue weighted by Crippen LogP contribution is -2.17. The fraction of sp³-hybridized carbons (Fsp3) is 0.200. The van der Waals surface area contributed by atoms with E-state index >= 15 is 0 Å². The van der Waals surface area contributed by atoms with Gasteiger partial charge in [-0.05, 0) is 41.5 Å². The van der Waals surface area contributed by atoms with E-state index in [0.717, 1.165) is 22.2 Å². The first-order chi connectivity index (χ1) is 15.1. The minimum atomic E-state index is -0.116. The van der Waals surface area contributed by atoms with Crippen LogP contribution in [0.15, 0.2) is 66.7 Å². The van der Waals surface area contributed by atoms with Crippen molar-refractivity contribution in [3.63, 3.8) is 0 Å². The van der Waals surface area contributed by atoms with Crippen LogP contribution in [0.4, 0.5) is 0 Å². The third-order valence-electron chi connectivity index (χ3n) is 5.31. The molecule has 31 heavy (non-hydrogen) atoms. The Kier molecular flexibility index (Phi) is 5.89. The molecule has 3 aromatic carbocycles. The highest BCUT2D eigenvalue weighted by Crippen LogP contribution is 2.30. The zero-order valence-electron chi connectivity index (χ0n) is 17.9. The summed E-state index contributed by atoms with van der Waals surface area (Å²) < 4.78 is 12.8. The number of hydrogen-bond donors (Lipinski definition) is 1. The number of fused-ring (bicyclic) bond motifs is 1. The zero-order chi connectivity index (χ0) is 21.8. The summed E-state index contributed by atoms with van der Waals surface area (Å²) in [5.41, 5.74) is 4.73. The second-order valence-electron chi connectivity index (χ2n) is 7.27. The Labute approximate surface area is 181 Å². The van der Waals surface area contributed by atoms with Crippen molar-refractivity contribution in [2.24, 2.45) is 0 Å². The van der Waals surface area contributed by atoms with Gasteiger partial charge in [0.05, 0.1) is 32.0 Å². The molecule has 0 aliphatic heterocycles. The summed E-state index contributed by atoms with van der Waals surface area (Å²) in [5.74, 6) is 1.25. The SMILES string of the molecule is CNC(=O)c1ccc2c(c1)c(Cc1ccc(OC)c(OC)c1)nn2Cc1ccccc1. The lowest BCUT2D eigenvalue weighted by atomic mass is 10.0. The van der Waals surface area contributed by atoms with Gasteiger partial charge in [0.15, 0.2) is 11.5 Å². The van der Waals surface area contributed by atoms with Crippen molar-refractivity contribution in [1.29, 1.82) is 0 Å². The number of aromatic nitrogens is 2. The molecule has 0 bridgehead atoms. The monoisotopic (exact) mass is 415 g/mol. The molecule has 4 aromatic rings. The van der Waals surface area contributed by atoms with Gasteiger partial charge in [-0.15, -0.1) is 0 Å². The van der Waals surface area contributed by atoms with Crippen LogP contribution < -0.4 is 14.8 Å². The van der Waals surface area contributed by atoms with E-state index in [2.05, 4.69) is 17.4 Å². The predicted molar refractivity (Wildman–Crippen MR) is 121 cm³/mol. The van der Waals surface area contributed by atoms with Crippen LogP contribution in [0.2, 0.25) is 0 Å². The molecule has 6 heteroatoms. The number of benzene rings is 3. The first-order valence-corrected chi connectivity index (χ1v) is 10.1. The van der Waals surface area contributed by atoms with E-state index in [-0.39, 0.29) is 5.91 Å². The Morgan fingerprint density at radius 1 is 0.935 bits per heavy atom. The summed E-state index contributed by atoms with van der Waals surface area (Å²) in [7, 11) is 4.88. The van der Waals surface area contributed by atoms with Crippen LogP contribution in [0.3, 0.4) is 0 Å². The van der Waals surface area contributed by atoms with Crippen LogP contribution in [-0.4, -0.2) is 37.0 Å². The van der Waals surface area contributed by atoms with Crippen LogP contribution in [0.5, 0.6) is 11.5 Å². The van der Waals surface area contributed by atoms with Crippen LogP contribution >= 0.6 is 0 Å². The van der Waals surface area contributed by atoms with Gasteiger partial charge in [0, 0.05) is 24.4 Å². The number of nitrogens with zero attached hydrogens (tertiary/aromatic N) is 2. The molecule has 158 valence electrons. The van der Waals surface area contributed by atoms with Gasteiger partial charge < -0.3 is 14.8 Å². The first kappa shape index (κ1) is 20.5. The zero-order valence-corrected chi connectivity index (χ0v) is 17.9. The molecule has 0 spiro atoms. The molecular weight excluding hydrogens is 390 g/mol. The number of rotatable bonds is 7. The highest BCUT2D eigenvalue weighted by molar-refractivity contribution is 5.98. The van der Waals surface area contributed by atoms with Crippen LogP contribution in [-0.2, 0) is 13.0 Å². The summed E-state index contributed by atoms with van der Waals surface area (Å²) in [5, 5.41) is 8.57. The second-order valence-corrected chi connectivity index (χ2v) is 7.27. The van der Waals surface area contributed by atoms with Gasteiger partial charge in [0.2, 0.25) is 0 Å². The molecule has 0 radical (unpaired) electrons. The fourth-order valence-electron chi connectivity index (χ4n) is 3.72. The molecule has 1 aromatic heterocycles. The van der Waals surface area contributed by atoms with E-state index in [9.17, 15) is 4.79 Å². The van der Waals surface area contributed by atoms with Gasteiger partial charge in [0.25, 0.3) is 5.91 Å². The minimum Gasteiger partial charge on any atom is -0.493 e. The Morgan fingerprint density at radius 2 is 1.71 bits per heavy atom. The van der Waals surface area contributed by atoms with E-state index in [0.29, 0.717) is 30.0 Å². The maximum Gasteiger partial charge on any atom is 0.251 e. The van der Waals surface area contributed by atoms with E-state index in [1.807, 2.05) is 59.3 Å². The molecule has 0 saturated carbocycles. The van der Waals surface area contributed by atoms with Gasteiger partial charge >= 0.3 is 0 Å². The Morgan fingerprint density at radius 3 is 2.42 bits per heavy atom. The number of nitrogens with one attached hydrogen (secondary N) is 1. The molecule has 1 amide bonds. The van der Waals surface area contributed by atoms with Crippen LogP contribution in [0.25, 0.3) is 10.9 Å². The molecule has 0 atom stereocenters. The van der Waals surface area contributed by atoms with Crippen molar-refractivity contribution >= 4 is 16.8 Å². The Bertz CT molecular complexity index is 1220. The number of carbonyl (C=O) groups is 1. The third-order valence-corrected chi connectivity index (χ3v) is 5.31. The lowest BCUT2D eigenvalue weighted by Gasteiger charge is -2.09. The van der Waals surface area contributed by atoms with E-state index < -0.39 is 0 Å². The lowest BCUT2D eigenvalue weighted by molar-refractivity contribution is 0.0963. The molecule has 0 unspecified atom stereocenters. The van der Waals surface area contributed by atoms with Crippen molar-refractivity contribution in [3.05, 3.63) is 89.1 Å². The quantitative estimate of drug-likeness (QED) is 0.495. The minimum absolute atomic E-state index is 0.116. The van der Waals surface area contributed by atoms with Crippen molar-refractivity contribution in [2.75, 3.05) is 21.3 Å². The summed E-state index contributed by atoms with van der Waals surface area (Å²) in [6.45, 7) is 0.655. The molecule has 4 rings (SSSR count). The summed E-state index contributed by atoms with van der Waals surface area (Å²) >= 11 is 0. The molecule has 0 saturated heterocycles. The summed E-state index contributed by atoms with van der Waals surface area (Å²) in [4.78, 5) is 12.2. The molecular formula is C25H25N3O3. The maximum absolute atomic E-state index is 12.2. The standard InChI is InChI=1S/C25H25N3O3/c1-26-25(29)19-10-11-22-20(15-19)21(27-28(22)16-17-7-5-4-6-8-17)13-18-9-12-23(30-2)24(14-18)31-3/h4-12,14-15H,13,16H2,1-3H3,(H,26,29). The van der Waals surface area contributed by atoms with Crippen molar-refractivity contribution in [1.82, 2.24) is 15.1 Å². The highest BCUT2D eigenvalue weighted by atomic mass is 16.5. The van der Waals surface area contributed by atoms with Gasteiger partial charge in [-0.2, -0.15) is 5.10 Å². The number of amides is 1. The molecule has 1 heterocycles. The van der Waals surface area contributed by atoms with Gasteiger partial charge in [-0.25, -0.2) is 0 Å².